The molecule has 8 atom stereocenters. The van der Waals surface area contributed by atoms with Crippen LogP contribution in [-0.4, -0.2) is 109 Å². The van der Waals surface area contributed by atoms with Crippen LogP contribution in [0.25, 0.3) is 22.1 Å². The summed E-state index contributed by atoms with van der Waals surface area (Å²) in [6.45, 7) is -1.73. The molecule has 216 valence electrons. The van der Waals surface area contributed by atoms with Crippen LogP contribution >= 0.6 is 0 Å². The van der Waals surface area contributed by atoms with Crippen molar-refractivity contribution in [1.29, 1.82) is 0 Å². The highest BCUT2D eigenvalue weighted by molar-refractivity contribution is 5.88. The normalized spacial score (nSPS) is 32.4. The highest BCUT2D eigenvalue weighted by Gasteiger charge is 2.50. The van der Waals surface area contributed by atoms with E-state index in [9.17, 15) is 45.6 Å². The molecule has 0 bridgehead atoms. The SMILES string of the molecule is O=c1c(-c2ccc(O)cc2)coc2c(O[C@@H]3O[C@H](CO[C@H]4OC[C@](O)(CO)[C@@H]4O)[C@@H](O)[C@H](O)[C@H]3O)c(O)ccc12. The Kier molecular flexibility index (Phi) is 7.71. The van der Waals surface area contributed by atoms with Crippen molar-refractivity contribution >= 4 is 11.0 Å². The van der Waals surface area contributed by atoms with E-state index in [-0.39, 0.29) is 28.0 Å². The third kappa shape index (κ3) is 5.01. The van der Waals surface area contributed by atoms with E-state index >= 15 is 0 Å². The Bertz CT molecular complexity index is 1410. The lowest BCUT2D eigenvalue weighted by molar-refractivity contribution is -0.289. The molecule has 0 unspecified atom stereocenters. The van der Waals surface area contributed by atoms with Gasteiger partial charge in [0.1, 0.15) is 48.1 Å². The summed E-state index contributed by atoms with van der Waals surface area (Å²) in [4.78, 5) is 13.2. The van der Waals surface area contributed by atoms with Crippen LogP contribution in [-0.2, 0) is 14.2 Å². The third-order valence-electron chi connectivity index (χ3n) is 6.96. The first-order valence-corrected chi connectivity index (χ1v) is 12.2. The van der Waals surface area contributed by atoms with Crippen molar-refractivity contribution in [2.24, 2.45) is 0 Å². The lowest BCUT2D eigenvalue weighted by atomic mass is 9.99. The fraction of sp³-hybridized carbons (Fsp3) is 0.423. The number of ether oxygens (including phenoxy) is 4. The van der Waals surface area contributed by atoms with E-state index in [0.29, 0.717) is 5.56 Å². The Labute approximate surface area is 225 Å². The summed E-state index contributed by atoms with van der Waals surface area (Å²) in [6.07, 6.45) is -10.2. The van der Waals surface area contributed by atoms with Crippen molar-refractivity contribution in [3.05, 3.63) is 52.9 Å². The number of aliphatic hydroxyl groups is 6. The summed E-state index contributed by atoms with van der Waals surface area (Å²) >= 11 is 0. The molecule has 2 fully saturated rings. The summed E-state index contributed by atoms with van der Waals surface area (Å²) in [7, 11) is 0. The van der Waals surface area contributed by atoms with Gasteiger partial charge in [-0.3, -0.25) is 4.79 Å². The molecule has 8 N–H and O–H groups in total. The molecule has 2 aliphatic heterocycles. The summed E-state index contributed by atoms with van der Waals surface area (Å²) < 4.78 is 27.4. The molecule has 0 amide bonds. The summed E-state index contributed by atoms with van der Waals surface area (Å²) in [5.74, 6) is -0.861. The number of hydrogen-bond acceptors (Lipinski definition) is 14. The molecular formula is C26H28O14. The zero-order valence-electron chi connectivity index (χ0n) is 20.7. The average molecular weight is 564 g/mol. The number of aromatic hydroxyl groups is 2. The van der Waals surface area contributed by atoms with E-state index in [4.69, 9.17) is 23.4 Å². The fourth-order valence-corrected chi connectivity index (χ4v) is 4.51. The first kappa shape index (κ1) is 28.2. The molecule has 2 aliphatic rings. The second-order valence-corrected chi connectivity index (χ2v) is 9.67. The minimum absolute atomic E-state index is 0.00730. The van der Waals surface area contributed by atoms with E-state index in [2.05, 4.69) is 0 Å². The number of hydrogen-bond donors (Lipinski definition) is 8. The monoisotopic (exact) mass is 564 g/mol. The third-order valence-corrected chi connectivity index (χ3v) is 6.96. The molecule has 0 spiro atoms. The average Bonchev–Trinajstić information content (AvgIpc) is 3.24. The van der Waals surface area contributed by atoms with Crippen molar-refractivity contribution in [3.63, 3.8) is 0 Å². The molecule has 1 aromatic heterocycles. The molecule has 14 nitrogen and oxygen atoms in total. The second kappa shape index (κ2) is 10.9. The van der Waals surface area contributed by atoms with Crippen LogP contribution in [0.2, 0.25) is 0 Å². The van der Waals surface area contributed by atoms with Crippen molar-refractivity contribution in [2.45, 2.75) is 48.7 Å². The van der Waals surface area contributed by atoms with Gasteiger partial charge >= 0.3 is 0 Å². The summed E-state index contributed by atoms with van der Waals surface area (Å²) in [6, 6.07) is 8.31. The van der Waals surface area contributed by atoms with E-state index < -0.39 is 79.7 Å². The van der Waals surface area contributed by atoms with Crippen LogP contribution < -0.4 is 10.2 Å². The molecule has 2 aromatic carbocycles. The van der Waals surface area contributed by atoms with Crippen LogP contribution in [0.3, 0.4) is 0 Å². The molecular weight excluding hydrogens is 536 g/mol. The minimum atomic E-state index is -1.95. The van der Waals surface area contributed by atoms with Crippen LogP contribution in [0.1, 0.15) is 0 Å². The number of phenolic OH excluding ortho intramolecular Hbond substituents is 2. The van der Waals surface area contributed by atoms with Gasteiger partial charge < -0.3 is 64.2 Å². The van der Waals surface area contributed by atoms with Gasteiger partial charge in [-0.15, -0.1) is 0 Å². The van der Waals surface area contributed by atoms with Crippen LogP contribution in [0.4, 0.5) is 0 Å². The zero-order chi connectivity index (χ0) is 28.8. The Hall–Kier alpha value is -3.31. The Morgan fingerprint density at radius 1 is 0.950 bits per heavy atom. The van der Waals surface area contributed by atoms with Gasteiger partial charge in [0.15, 0.2) is 17.6 Å². The van der Waals surface area contributed by atoms with Gasteiger partial charge in [0.25, 0.3) is 0 Å². The molecule has 0 saturated carbocycles. The maximum absolute atomic E-state index is 13.2. The maximum Gasteiger partial charge on any atom is 0.229 e. The molecule has 40 heavy (non-hydrogen) atoms. The lowest BCUT2D eigenvalue weighted by Gasteiger charge is -2.40. The van der Waals surface area contributed by atoms with Crippen LogP contribution in [0.5, 0.6) is 17.2 Å². The van der Waals surface area contributed by atoms with E-state index in [1.165, 1.54) is 30.3 Å². The Morgan fingerprint density at radius 3 is 2.35 bits per heavy atom. The first-order valence-electron chi connectivity index (χ1n) is 12.2. The van der Waals surface area contributed by atoms with Gasteiger partial charge in [-0.05, 0) is 29.8 Å². The van der Waals surface area contributed by atoms with E-state index in [1.54, 1.807) is 0 Å². The van der Waals surface area contributed by atoms with E-state index in [0.717, 1.165) is 12.3 Å². The molecule has 0 aliphatic carbocycles. The van der Waals surface area contributed by atoms with Crippen LogP contribution in [0.15, 0.2) is 51.9 Å². The predicted octanol–water partition coefficient (Wildman–Crippen LogP) is -1.49. The van der Waals surface area contributed by atoms with Gasteiger partial charge in [0.2, 0.25) is 17.5 Å². The molecule has 5 rings (SSSR count). The van der Waals surface area contributed by atoms with E-state index in [1.807, 2.05) is 0 Å². The molecule has 3 heterocycles. The van der Waals surface area contributed by atoms with Crippen LogP contribution in [0, 0.1) is 0 Å². The second-order valence-electron chi connectivity index (χ2n) is 9.67. The van der Waals surface area contributed by atoms with Gasteiger partial charge in [-0.25, -0.2) is 0 Å². The maximum atomic E-state index is 13.2. The fourth-order valence-electron chi connectivity index (χ4n) is 4.51. The Morgan fingerprint density at radius 2 is 1.68 bits per heavy atom. The number of benzene rings is 2. The highest BCUT2D eigenvalue weighted by atomic mass is 16.7. The first-order chi connectivity index (χ1) is 19.0. The number of aliphatic hydroxyl groups excluding tert-OH is 5. The predicted molar refractivity (Wildman–Crippen MR) is 132 cm³/mol. The Balaban J connectivity index is 1.38. The quantitative estimate of drug-likeness (QED) is 0.164. The summed E-state index contributed by atoms with van der Waals surface area (Å²) in [5, 5.41) is 80.9. The largest absolute Gasteiger partial charge is 0.508 e. The number of rotatable bonds is 7. The van der Waals surface area contributed by atoms with Gasteiger partial charge in [0, 0.05) is 0 Å². The molecule has 2 saturated heterocycles. The molecule has 0 radical (unpaired) electrons. The smallest absolute Gasteiger partial charge is 0.229 e. The van der Waals surface area contributed by atoms with Crippen molar-refractivity contribution < 1.29 is 64.2 Å². The number of fused-ring (bicyclic) bond motifs is 1. The molecule has 14 heteroatoms. The van der Waals surface area contributed by atoms with Gasteiger partial charge in [0.05, 0.1) is 30.8 Å². The topological polar surface area (TPSA) is 229 Å². The molecule has 3 aromatic rings. The van der Waals surface area contributed by atoms with Crippen molar-refractivity contribution in [2.75, 3.05) is 19.8 Å². The zero-order valence-corrected chi connectivity index (χ0v) is 20.7. The highest BCUT2D eigenvalue weighted by Crippen LogP contribution is 2.37. The summed E-state index contributed by atoms with van der Waals surface area (Å²) in [5.41, 5.74) is -2.00. The number of phenols is 2. The van der Waals surface area contributed by atoms with Crippen molar-refractivity contribution in [3.8, 4) is 28.4 Å². The van der Waals surface area contributed by atoms with Gasteiger partial charge in [-0.1, -0.05) is 12.1 Å². The lowest BCUT2D eigenvalue weighted by Crippen LogP contribution is -2.60. The van der Waals surface area contributed by atoms with Crippen molar-refractivity contribution in [1.82, 2.24) is 0 Å². The standard InChI is InChI=1S/C26H28O14/c27-9-26(35)10-38-25(23(26)34)37-8-16-18(31)19(32)20(33)24(39-16)40-22-15(29)6-5-13-17(30)14(7-36-21(13)22)11-1-3-12(28)4-2-11/h1-7,16,18-20,23-25,27-29,31-35H,8-10H2/t16-,18-,19+,20-,23-,24+,25+,26-/m1/s1. The van der Waals surface area contributed by atoms with Gasteiger partial charge in [-0.2, -0.15) is 0 Å². The minimum Gasteiger partial charge on any atom is -0.508 e.